The molecule has 1 saturated carbocycles. The van der Waals surface area contributed by atoms with Gasteiger partial charge in [-0.2, -0.15) is 0 Å². The van der Waals surface area contributed by atoms with Crippen LogP contribution in [0.2, 0.25) is 0 Å². The molecule has 1 aliphatic carbocycles. The van der Waals surface area contributed by atoms with E-state index in [1.807, 2.05) is 14.0 Å². The number of hydrogen-bond acceptors (Lipinski definition) is 3. The van der Waals surface area contributed by atoms with Gasteiger partial charge in [-0.1, -0.05) is 6.42 Å². The Balaban J connectivity index is 2.37. The predicted octanol–water partition coefficient (Wildman–Crippen LogP) is 2.70. The van der Waals surface area contributed by atoms with E-state index in [4.69, 9.17) is 0 Å². The minimum absolute atomic E-state index is 0.609. The van der Waals surface area contributed by atoms with Gasteiger partial charge in [-0.05, 0) is 42.4 Å². The predicted molar refractivity (Wildman–Crippen MR) is 65.6 cm³/mol. The summed E-state index contributed by atoms with van der Waals surface area (Å²) in [6.45, 7) is 2.05. The molecule has 14 heavy (non-hydrogen) atoms. The van der Waals surface area contributed by atoms with Crippen molar-refractivity contribution in [3.05, 3.63) is 15.1 Å². The second-order valence-corrected chi connectivity index (χ2v) is 4.79. The lowest BCUT2D eigenvalue weighted by Gasteiger charge is -2.24. The minimum Gasteiger partial charge on any atom is -0.372 e. The Morgan fingerprint density at radius 3 is 2.57 bits per heavy atom. The van der Waals surface area contributed by atoms with Crippen LogP contribution in [0.3, 0.4) is 0 Å². The molecule has 1 heterocycles. The fourth-order valence-corrected chi connectivity index (χ4v) is 2.11. The van der Waals surface area contributed by atoms with E-state index in [-0.39, 0.29) is 0 Å². The van der Waals surface area contributed by atoms with Crippen molar-refractivity contribution < 1.29 is 0 Å². The first-order valence-electron chi connectivity index (χ1n) is 4.94. The Labute approximate surface area is 97.9 Å². The van der Waals surface area contributed by atoms with E-state index in [1.54, 1.807) is 0 Å². The van der Waals surface area contributed by atoms with Crippen LogP contribution in [0, 0.1) is 10.5 Å². The molecule has 0 atom stereocenters. The monoisotopic (exact) mass is 303 g/mol. The van der Waals surface area contributed by atoms with Gasteiger partial charge in [-0.3, -0.25) is 0 Å². The van der Waals surface area contributed by atoms with Crippen LogP contribution in [-0.4, -0.2) is 17.0 Å². The van der Waals surface area contributed by atoms with Gasteiger partial charge in [0, 0.05) is 13.0 Å². The van der Waals surface area contributed by atoms with Crippen LogP contribution in [0.1, 0.15) is 36.7 Å². The Morgan fingerprint density at radius 1 is 1.36 bits per heavy atom. The van der Waals surface area contributed by atoms with Gasteiger partial charge in [-0.25, -0.2) is 9.97 Å². The molecule has 0 spiro atoms. The third-order valence-corrected chi connectivity index (χ3v) is 4.03. The number of halogens is 1. The van der Waals surface area contributed by atoms with E-state index in [0.29, 0.717) is 5.92 Å². The summed E-state index contributed by atoms with van der Waals surface area (Å²) in [6, 6.07) is 0. The summed E-state index contributed by atoms with van der Waals surface area (Å²) in [6.07, 6.45) is 3.83. The Morgan fingerprint density at radius 2 is 2.07 bits per heavy atom. The van der Waals surface area contributed by atoms with Crippen LogP contribution in [0.4, 0.5) is 5.82 Å². The van der Waals surface area contributed by atoms with Gasteiger partial charge in [-0.15, -0.1) is 0 Å². The number of anilines is 1. The normalized spacial score (nSPS) is 16.5. The molecule has 76 valence electrons. The highest BCUT2D eigenvalue weighted by Crippen LogP contribution is 2.35. The number of nitrogens with zero attached hydrogens (tertiary/aromatic N) is 2. The lowest BCUT2D eigenvalue weighted by atomic mass is 9.85. The maximum absolute atomic E-state index is 4.54. The van der Waals surface area contributed by atoms with E-state index >= 15 is 0 Å². The molecular weight excluding hydrogens is 289 g/mol. The number of rotatable bonds is 2. The van der Waals surface area contributed by atoms with Gasteiger partial charge in [0.1, 0.15) is 11.6 Å². The molecule has 0 unspecified atom stereocenters. The smallest absolute Gasteiger partial charge is 0.143 e. The molecule has 0 radical (unpaired) electrons. The number of aromatic nitrogens is 2. The molecule has 0 saturated heterocycles. The molecule has 0 aliphatic heterocycles. The first-order chi connectivity index (χ1) is 6.72. The van der Waals surface area contributed by atoms with E-state index in [0.717, 1.165) is 20.9 Å². The van der Waals surface area contributed by atoms with Gasteiger partial charge in [0.25, 0.3) is 0 Å². The standard InChI is InChI=1S/C10H14IN3/c1-6-8(11)10(12-2)14-9(13-6)7-4-3-5-7/h7H,3-5H2,1-2H3,(H,12,13,14). The summed E-state index contributed by atoms with van der Waals surface area (Å²) >= 11 is 2.29. The zero-order chi connectivity index (χ0) is 10.1. The molecule has 1 fully saturated rings. The maximum Gasteiger partial charge on any atom is 0.143 e. The van der Waals surface area contributed by atoms with Gasteiger partial charge in [0.15, 0.2) is 0 Å². The Kier molecular flexibility index (Phi) is 2.90. The third kappa shape index (κ3) is 1.71. The van der Waals surface area contributed by atoms with Crippen molar-refractivity contribution in [3.8, 4) is 0 Å². The molecule has 0 bridgehead atoms. The molecule has 4 heteroatoms. The van der Waals surface area contributed by atoms with Crippen LogP contribution in [0.25, 0.3) is 0 Å². The first-order valence-corrected chi connectivity index (χ1v) is 6.02. The Hall–Kier alpha value is -0.390. The molecule has 2 rings (SSSR count). The Bertz CT molecular complexity index is 347. The van der Waals surface area contributed by atoms with Crippen molar-refractivity contribution in [2.75, 3.05) is 12.4 Å². The highest BCUT2D eigenvalue weighted by molar-refractivity contribution is 14.1. The molecule has 0 aromatic carbocycles. The van der Waals surface area contributed by atoms with Crippen molar-refractivity contribution in [1.82, 2.24) is 9.97 Å². The molecule has 0 amide bonds. The summed E-state index contributed by atoms with van der Waals surface area (Å²) in [5.41, 5.74) is 1.09. The van der Waals surface area contributed by atoms with E-state index in [2.05, 4.69) is 37.9 Å². The molecule has 1 N–H and O–H groups in total. The lowest BCUT2D eigenvalue weighted by molar-refractivity contribution is 0.401. The van der Waals surface area contributed by atoms with Crippen molar-refractivity contribution in [1.29, 1.82) is 0 Å². The highest BCUT2D eigenvalue weighted by Gasteiger charge is 2.23. The topological polar surface area (TPSA) is 37.8 Å². The quantitative estimate of drug-likeness (QED) is 0.854. The average molecular weight is 303 g/mol. The second-order valence-electron chi connectivity index (χ2n) is 3.71. The lowest BCUT2D eigenvalue weighted by Crippen LogP contribution is -2.15. The fraction of sp³-hybridized carbons (Fsp3) is 0.600. The van der Waals surface area contributed by atoms with Crippen molar-refractivity contribution >= 4 is 28.4 Å². The van der Waals surface area contributed by atoms with E-state index in [9.17, 15) is 0 Å². The van der Waals surface area contributed by atoms with Gasteiger partial charge in [0.05, 0.1) is 9.26 Å². The molecule has 1 aromatic heterocycles. The maximum atomic E-state index is 4.54. The molecule has 3 nitrogen and oxygen atoms in total. The number of nitrogens with one attached hydrogen (secondary N) is 1. The van der Waals surface area contributed by atoms with Crippen LogP contribution in [-0.2, 0) is 0 Å². The number of aryl methyl sites for hydroxylation is 1. The summed E-state index contributed by atoms with van der Waals surface area (Å²) in [5, 5.41) is 3.12. The van der Waals surface area contributed by atoms with Gasteiger partial charge < -0.3 is 5.32 Å². The summed E-state index contributed by atoms with van der Waals surface area (Å²) in [5.74, 6) is 2.61. The van der Waals surface area contributed by atoms with E-state index in [1.165, 1.54) is 19.3 Å². The van der Waals surface area contributed by atoms with Crippen LogP contribution in [0.15, 0.2) is 0 Å². The minimum atomic E-state index is 0.609. The first kappa shape index (κ1) is 10.1. The van der Waals surface area contributed by atoms with Crippen molar-refractivity contribution in [3.63, 3.8) is 0 Å². The SMILES string of the molecule is CNc1nc(C2CCC2)nc(C)c1I. The van der Waals surface area contributed by atoms with Crippen molar-refractivity contribution in [2.45, 2.75) is 32.1 Å². The van der Waals surface area contributed by atoms with Crippen molar-refractivity contribution in [2.24, 2.45) is 0 Å². The second kappa shape index (κ2) is 4.00. The van der Waals surface area contributed by atoms with Gasteiger partial charge >= 0.3 is 0 Å². The zero-order valence-electron chi connectivity index (χ0n) is 8.47. The van der Waals surface area contributed by atoms with Crippen LogP contribution < -0.4 is 5.32 Å². The third-order valence-electron chi connectivity index (χ3n) is 2.74. The number of hydrogen-bond donors (Lipinski definition) is 1. The molecule has 1 aromatic rings. The largest absolute Gasteiger partial charge is 0.372 e. The zero-order valence-corrected chi connectivity index (χ0v) is 10.6. The van der Waals surface area contributed by atoms with Gasteiger partial charge in [0.2, 0.25) is 0 Å². The van der Waals surface area contributed by atoms with Crippen LogP contribution >= 0.6 is 22.6 Å². The summed E-state index contributed by atoms with van der Waals surface area (Å²) in [7, 11) is 1.91. The summed E-state index contributed by atoms with van der Waals surface area (Å²) in [4.78, 5) is 9.09. The molecular formula is C10H14IN3. The average Bonchev–Trinajstić information content (AvgIpc) is 2.08. The van der Waals surface area contributed by atoms with E-state index < -0.39 is 0 Å². The fourth-order valence-electron chi connectivity index (χ4n) is 1.60. The summed E-state index contributed by atoms with van der Waals surface area (Å²) < 4.78 is 1.13. The molecule has 1 aliphatic rings. The highest BCUT2D eigenvalue weighted by atomic mass is 127. The van der Waals surface area contributed by atoms with Crippen LogP contribution in [0.5, 0.6) is 0 Å².